The first-order valence-corrected chi connectivity index (χ1v) is 10.2. The molecule has 134 valence electrons. The second kappa shape index (κ2) is 7.06. The highest BCUT2D eigenvalue weighted by molar-refractivity contribution is 7.98. The number of aromatic nitrogens is 3. The molecule has 3 aromatic rings. The Morgan fingerprint density at radius 1 is 1.15 bits per heavy atom. The quantitative estimate of drug-likeness (QED) is 0.392. The smallest absolute Gasteiger partial charge is 0.185 e. The lowest BCUT2D eigenvalue weighted by atomic mass is 9.91. The summed E-state index contributed by atoms with van der Waals surface area (Å²) in [4.78, 5) is 4.27. The summed E-state index contributed by atoms with van der Waals surface area (Å²) < 4.78 is 8.07. The van der Waals surface area contributed by atoms with E-state index in [9.17, 15) is 0 Å². The fraction of sp³-hybridized carbons (Fsp3) is 0.222. The van der Waals surface area contributed by atoms with Gasteiger partial charge in [0.25, 0.3) is 0 Å². The number of benzene rings is 2. The zero-order valence-electron chi connectivity index (χ0n) is 13.7. The van der Waals surface area contributed by atoms with Crippen molar-refractivity contribution in [1.29, 1.82) is 0 Å². The largest absolute Gasteiger partial charge is 0.354 e. The minimum absolute atomic E-state index is 0.244. The molecule has 1 aliphatic rings. The van der Waals surface area contributed by atoms with Gasteiger partial charge in [0.2, 0.25) is 0 Å². The monoisotopic (exact) mass is 425 g/mol. The molecule has 26 heavy (non-hydrogen) atoms. The van der Waals surface area contributed by atoms with Gasteiger partial charge >= 0.3 is 0 Å². The summed E-state index contributed by atoms with van der Waals surface area (Å²) in [7, 11) is 0. The van der Waals surface area contributed by atoms with Crippen LogP contribution >= 0.6 is 46.6 Å². The van der Waals surface area contributed by atoms with Crippen molar-refractivity contribution in [2.45, 2.75) is 23.4 Å². The summed E-state index contributed by atoms with van der Waals surface area (Å²) >= 11 is 20.5. The van der Waals surface area contributed by atoms with E-state index in [2.05, 4.69) is 10.1 Å². The van der Waals surface area contributed by atoms with Gasteiger partial charge in [0.05, 0.1) is 6.54 Å². The summed E-state index contributed by atoms with van der Waals surface area (Å²) in [6.45, 7) is 0.483. The van der Waals surface area contributed by atoms with Crippen LogP contribution in [0.15, 0.2) is 53.9 Å². The molecule has 0 aliphatic carbocycles. The van der Waals surface area contributed by atoms with E-state index in [-0.39, 0.29) is 6.10 Å². The van der Waals surface area contributed by atoms with Gasteiger partial charge in [0.1, 0.15) is 18.0 Å². The van der Waals surface area contributed by atoms with E-state index < -0.39 is 5.60 Å². The van der Waals surface area contributed by atoms with E-state index in [1.807, 2.05) is 47.3 Å². The lowest BCUT2D eigenvalue weighted by molar-refractivity contribution is 0.256. The number of nitrogens with zero attached hydrogens (tertiary/aromatic N) is 3. The molecule has 4 nitrogen and oxygen atoms in total. The minimum Gasteiger partial charge on any atom is -0.354 e. The van der Waals surface area contributed by atoms with E-state index in [1.165, 1.54) is 11.8 Å². The maximum absolute atomic E-state index is 6.50. The molecule has 4 rings (SSSR count). The molecular weight excluding hydrogens is 413 g/mol. The van der Waals surface area contributed by atoms with Crippen LogP contribution in [0.5, 0.6) is 0 Å². The van der Waals surface area contributed by atoms with Gasteiger partial charge in [-0.15, -0.1) is 0 Å². The lowest BCUT2D eigenvalue weighted by Gasteiger charge is -2.17. The van der Waals surface area contributed by atoms with Crippen molar-refractivity contribution >= 4 is 46.6 Å². The first kappa shape index (κ1) is 18.1. The van der Waals surface area contributed by atoms with Gasteiger partial charge < -0.3 is 4.74 Å². The maximum atomic E-state index is 6.50. The molecule has 0 amide bonds. The molecule has 2 aromatic carbocycles. The average Bonchev–Trinajstić information content (AvgIpc) is 3.14. The van der Waals surface area contributed by atoms with E-state index in [0.29, 0.717) is 21.6 Å². The number of hydrogen-bond donors (Lipinski definition) is 0. The van der Waals surface area contributed by atoms with E-state index in [1.54, 1.807) is 12.4 Å². The van der Waals surface area contributed by atoms with Crippen LogP contribution in [0, 0.1) is 0 Å². The maximum Gasteiger partial charge on any atom is 0.185 e. The molecule has 1 aromatic heterocycles. The van der Waals surface area contributed by atoms with Gasteiger partial charge in [-0.1, -0.05) is 70.8 Å². The Kier molecular flexibility index (Phi) is 4.92. The van der Waals surface area contributed by atoms with Crippen LogP contribution in [-0.2, 0) is 16.9 Å². The highest BCUT2D eigenvalue weighted by Gasteiger charge is 2.60. The number of rotatable bonds is 5. The van der Waals surface area contributed by atoms with Crippen LogP contribution in [0.1, 0.15) is 17.2 Å². The third-order valence-electron chi connectivity index (χ3n) is 4.42. The van der Waals surface area contributed by atoms with Crippen LogP contribution in [0.2, 0.25) is 15.1 Å². The molecule has 0 saturated carbocycles. The van der Waals surface area contributed by atoms with E-state index >= 15 is 0 Å². The van der Waals surface area contributed by atoms with E-state index in [0.717, 1.165) is 16.3 Å². The third-order valence-corrected chi connectivity index (χ3v) is 5.99. The number of thioether (sulfide) groups is 1. The Hall–Kier alpha value is -1.24. The molecule has 8 heteroatoms. The fourth-order valence-electron chi connectivity index (χ4n) is 3.16. The van der Waals surface area contributed by atoms with Crippen LogP contribution in [0.25, 0.3) is 0 Å². The Morgan fingerprint density at radius 3 is 2.69 bits per heavy atom. The molecule has 2 atom stereocenters. The summed E-state index contributed by atoms with van der Waals surface area (Å²) in [6.07, 6.45) is 3.26. The predicted molar refractivity (Wildman–Crippen MR) is 105 cm³/mol. The first-order chi connectivity index (χ1) is 12.5. The SMILES string of the molecule is CSc1ncnn1C[C@]1(c2ccccc2Cl)O[C@@H]1c1ccc(Cl)cc1Cl. The Labute approximate surface area is 170 Å². The molecule has 1 aliphatic heterocycles. The van der Waals surface area contributed by atoms with Gasteiger partial charge in [-0.2, -0.15) is 5.10 Å². The average molecular weight is 427 g/mol. The number of ether oxygens (including phenoxy) is 1. The molecule has 1 saturated heterocycles. The van der Waals surface area contributed by atoms with Crippen molar-refractivity contribution in [3.63, 3.8) is 0 Å². The van der Waals surface area contributed by atoms with Crippen LogP contribution < -0.4 is 0 Å². The fourth-order valence-corrected chi connectivity index (χ4v) is 4.44. The molecule has 0 N–H and O–H groups in total. The Balaban J connectivity index is 1.78. The van der Waals surface area contributed by atoms with Gasteiger partial charge in [0, 0.05) is 26.2 Å². The minimum atomic E-state index is -0.659. The summed E-state index contributed by atoms with van der Waals surface area (Å²) in [5, 5.41) is 6.95. The Bertz CT molecular complexity index is 964. The van der Waals surface area contributed by atoms with Crippen LogP contribution in [-0.4, -0.2) is 21.0 Å². The zero-order chi connectivity index (χ0) is 18.3. The normalized spacial score (nSPS) is 21.8. The molecule has 0 spiro atoms. The molecule has 0 bridgehead atoms. The summed E-state index contributed by atoms with van der Waals surface area (Å²) in [6, 6.07) is 13.1. The molecule has 2 heterocycles. The first-order valence-electron chi connectivity index (χ1n) is 7.85. The highest BCUT2D eigenvalue weighted by Crippen LogP contribution is 2.60. The Morgan fingerprint density at radius 2 is 1.96 bits per heavy atom. The molecular formula is C18H14Cl3N3OS. The van der Waals surface area contributed by atoms with Crippen LogP contribution in [0.4, 0.5) is 0 Å². The van der Waals surface area contributed by atoms with Gasteiger partial charge in [-0.05, 0) is 24.5 Å². The van der Waals surface area contributed by atoms with Gasteiger partial charge in [-0.25, -0.2) is 9.67 Å². The van der Waals surface area contributed by atoms with Crippen molar-refractivity contribution < 1.29 is 4.74 Å². The highest BCUT2D eigenvalue weighted by atomic mass is 35.5. The van der Waals surface area contributed by atoms with Crippen molar-refractivity contribution in [3.05, 3.63) is 75.0 Å². The topological polar surface area (TPSA) is 43.2 Å². The number of hydrogen-bond acceptors (Lipinski definition) is 4. The second-order valence-corrected chi connectivity index (χ2v) is 7.96. The number of epoxide rings is 1. The molecule has 0 unspecified atom stereocenters. The van der Waals surface area contributed by atoms with Crippen molar-refractivity contribution in [1.82, 2.24) is 14.8 Å². The van der Waals surface area contributed by atoms with Crippen molar-refractivity contribution in [2.24, 2.45) is 0 Å². The van der Waals surface area contributed by atoms with Crippen LogP contribution in [0.3, 0.4) is 0 Å². The predicted octanol–water partition coefficient (Wildman–Crippen LogP) is 5.63. The van der Waals surface area contributed by atoms with Crippen molar-refractivity contribution in [3.8, 4) is 0 Å². The summed E-state index contributed by atoms with van der Waals surface area (Å²) in [5.41, 5.74) is 1.12. The lowest BCUT2D eigenvalue weighted by Crippen LogP contribution is -2.21. The third kappa shape index (κ3) is 3.12. The standard InChI is InChI=1S/C18H14Cl3N3OS/c1-26-17-22-10-23-24(17)9-18(13-4-2-3-5-14(13)20)16(25-18)12-7-6-11(19)8-15(12)21/h2-8,10,16H,9H2,1H3/t16-,18-/m1/s1. The molecule has 0 radical (unpaired) electrons. The van der Waals surface area contributed by atoms with Crippen molar-refractivity contribution in [2.75, 3.05) is 6.26 Å². The van der Waals surface area contributed by atoms with Gasteiger partial charge in [0.15, 0.2) is 5.16 Å². The summed E-state index contributed by atoms with van der Waals surface area (Å²) in [5.74, 6) is 0. The van der Waals surface area contributed by atoms with E-state index in [4.69, 9.17) is 39.5 Å². The second-order valence-electron chi connectivity index (χ2n) is 5.94. The molecule has 1 fully saturated rings. The van der Waals surface area contributed by atoms with Gasteiger partial charge in [-0.3, -0.25) is 0 Å². The zero-order valence-corrected chi connectivity index (χ0v) is 16.8. The number of halogens is 3.